The molecule has 1 heterocycles. The summed E-state index contributed by atoms with van der Waals surface area (Å²) >= 11 is 3.41. The van der Waals surface area contributed by atoms with Crippen LogP contribution in [0, 0.1) is 5.92 Å². The van der Waals surface area contributed by atoms with E-state index in [2.05, 4.69) is 15.9 Å². The second-order valence-electron chi connectivity index (χ2n) is 7.26. The lowest BCUT2D eigenvalue weighted by Crippen LogP contribution is -2.41. The maximum Gasteiger partial charge on any atom is 0.338 e. The lowest BCUT2D eigenvalue weighted by molar-refractivity contribution is -0.126. The number of fused-ring (bicyclic) bond motifs is 1. The number of carbonyl (C=O) groups excluding carboxylic acids is 2. The van der Waals surface area contributed by atoms with Gasteiger partial charge in [0.1, 0.15) is 18.0 Å². The van der Waals surface area contributed by atoms with Gasteiger partial charge in [-0.05, 0) is 48.7 Å². The molecule has 3 unspecified atom stereocenters. The number of rotatable bonds is 4. The Morgan fingerprint density at radius 1 is 1.14 bits per heavy atom. The number of Topliss-reactive ketones (excluding diaryl/α,β-unsaturated/α-hetero) is 1. The van der Waals surface area contributed by atoms with Crippen molar-refractivity contribution in [1.29, 1.82) is 0 Å². The summed E-state index contributed by atoms with van der Waals surface area (Å²) < 4.78 is 17.7. The van der Waals surface area contributed by atoms with Crippen LogP contribution in [0.15, 0.2) is 59.3 Å². The molecule has 150 valence electrons. The Balaban J connectivity index is 1.42. The van der Waals surface area contributed by atoms with Crippen molar-refractivity contribution in [2.24, 2.45) is 5.92 Å². The van der Waals surface area contributed by atoms with Crippen LogP contribution in [-0.2, 0) is 14.3 Å². The maximum atomic E-state index is 13.0. The summed E-state index contributed by atoms with van der Waals surface area (Å²) in [6.45, 7) is 0. The van der Waals surface area contributed by atoms with Crippen molar-refractivity contribution in [1.82, 2.24) is 0 Å². The van der Waals surface area contributed by atoms with Crippen molar-refractivity contribution in [2.45, 2.75) is 31.5 Å². The lowest BCUT2D eigenvalue weighted by Gasteiger charge is -2.37. The molecular formula is C23H21BrO5. The summed E-state index contributed by atoms with van der Waals surface area (Å²) in [5.41, 5.74) is 1.90. The highest BCUT2D eigenvalue weighted by atomic mass is 79.9. The van der Waals surface area contributed by atoms with Crippen molar-refractivity contribution in [3.8, 4) is 5.75 Å². The first-order valence-electron chi connectivity index (χ1n) is 9.56. The minimum atomic E-state index is -0.388. The maximum absolute atomic E-state index is 13.0. The van der Waals surface area contributed by atoms with Gasteiger partial charge in [0.15, 0.2) is 5.78 Å². The van der Waals surface area contributed by atoms with Crippen LogP contribution in [0.3, 0.4) is 0 Å². The van der Waals surface area contributed by atoms with Gasteiger partial charge in [0, 0.05) is 10.9 Å². The van der Waals surface area contributed by atoms with Crippen LogP contribution in [0.1, 0.15) is 35.2 Å². The van der Waals surface area contributed by atoms with Crippen molar-refractivity contribution >= 4 is 33.3 Å². The molecule has 0 saturated heterocycles. The molecule has 3 atom stereocenters. The van der Waals surface area contributed by atoms with Gasteiger partial charge in [-0.15, -0.1) is 0 Å². The van der Waals surface area contributed by atoms with Gasteiger partial charge in [-0.2, -0.15) is 0 Å². The molecule has 1 aliphatic carbocycles. The smallest absolute Gasteiger partial charge is 0.338 e. The molecule has 6 heteroatoms. The van der Waals surface area contributed by atoms with E-state index in [9.17, 15) is 9.59 Å². The van der Waals surface area contributed by atoms with Crippen LogP contribution in [0.5, 0.6) is 5.75 Å². The monoisotopic (exact) mass is 456 g/mol. The molecule has 1 saturated carbocycles. The summed E-state index contributed by atoms with van der Waals surface area (Å²) in [7, 11) is 1.55. The van der Waals surface area contributed by atoms with E-state index in [0.29, 0.717) is 36.1 Å². The van der Waals surface area contributed by atoms with Crippen LogP contribution in [0.2, 0.25) is 0 Å². The van der Waals surface area contributed by atoms with Gasteiger partial charge in [-0.25, -0.2) is 4.79 Å². The molecule has 2 aliphatic rings. The zero-order chi connectivity index (χ0) is 20.4. The number of benzene rings is 2. The van der Waals surface area contributed by atoms with Gasteiger partial charge in [0.25, 0.3) is 0 Å². The van der Waals surface area contributed by atoms with E-state index >= 15 is 0 Å². The molecule has 0 amide bonds. The van der Waals surface area contributed by atoms with E-state index in [1.165, 1.54) is 0 Å². The second kappa shape index (κ2) is 8.41. The lowest BCUT2D eigenvalue weighted by atomic mass is 9.78. The Morgan fingerprint density at radius 3 is 2.69 bits per heavy atom. The van der Waals surface area contributed by atoms with Gasteiger partial charge >= 0.3 is 5.97 Å². The van der Waals surface area contributed by atoms with Gasteiger partial charge < -0.3 is 14.2 Å². The molecule has 0 radical (unpaired) electrons. The molecule has 0 bridgehead atoms. The van der Waals surface area contributed by atoms with Gasteiger partial charge in [0.05, 0.1) is 30.4 Å². The third-order valence-corrected chi connectivity index (χ3v) is 5.97. The first-order chi connectivity index (χ1) is 14.0. The molecule has 1 aliphatic heterocycles. The van der Waals surface area contributed by atoms with Crippen molar-refractivity contribution < 1.29 is 23.8 Å². The number of esters is 1. The average Bonchev–Trinajstić information content (AvgIpc) is 2.75. The van der Waals surface area contributed by atoms with E-state index in [-0.39, 0.29) is 29.9 Å². The highest BCUT2D eigenvalue weighted by Crippen LogP contribution is 2.37. The predicted molar refractivity (Wildman–Crippen MR) is 112 cm³/mol. The first kappa shape index (κ1) is 19.7. The number of hydrogen-bond donors (Lipinski definition) is 0. The van der Waals surface area contributed by atoms with E-state index < -0.39 is 0 Å². The van der Waals surface area contributed by atoms with Crippen molar-refractivity contribution in [3.63, 3.8) is 0 Å². The number of carbonyl (C=O) groups is 2. The van der Waals surface area contributed by atoms with Crippen LogP contribution in [-0.4, -0.2) is 31.1 Å². The fourth-order valence-electron chi connectivity index (χ4n) is 3.87. The Morgan fingerprint density at radius 2 is 1.93 bits per heavy atom. The highest BCUT2D eigenvalue weighted by molar-refractivity contribution is 9.10. The largest absolute Gasteiger partial charge is 0.497 e. The first-order valence-corrected chi connectivity index (χ1v) is 10.4. The van der Waals surface area contributed by atoms with Crippen LogP contribution < -0.4 is 4.74 Å². The van der Waals surface area contributed by atoms with Gasteiger partial charge in [-0.1, -0.05) is 34.1 Å². The summed E-state index contributed by atoms with van der Waals surface area (Å²) in [6, 6.07) is 14.5. The molecule has 0 N–H and O–H groups in total. The predicted octanol–water partition coefficient (Wildman–Crippen LogP) is 4.79. The van der Waals surface area contributed by atoms with E-state index in [4.69, 9.17) is 14.2 Å². The minimum absolute atomic E-state index is 0.0983. The Bertz CT molecular complexity index is 950. The molecule has 1 fully saturated rings. The molecule has 2 aromatic carbocycles. The number of allylic oxidation sites excluding steroid dienone is 1. The molecule has 0 spiro atoms. The Hall–Kier alpha value is -2.60. The SMILES string of the molecule is COc1cccc(C(=O)OC2CCC3C(=O)C(c4ccc(Br)cc4)=COC3C2)c1. The number of ketones is 1. The van der Waals surface area contributed by atoms with Crippen LogP contribution in [0.4, 0.5) is 0 Å². The fourth-order valence-corrected chi connectivity index (χ4v) is 4.14. The third kappa shape index (κ3) is 4.22. The van der Waals surface area contributed by atoms with Crippen LogP contribution in [0.25, 0.3) is 5.57 Å². The van der Waals surface area contributed by atoms with E-state index in [1.807, 2.05) is 24.3 Å². The molecule has 29 heavy (non-hydrogen) atoms. The summed E-state index contributed by atoms with van der Waals surface area (Å²) in [6.07, 6.45) is 2.80. The number of hydrogen-bond acceptors (Lipinski definition) is 5. The number of ether oxygens (including phenoxy) is 3. The summed E-state index contributed by atoms with van der Waals surface area (Å²) in [5, 5.41) is 0. The fraction of sp³-hybridized carbons (Fsp3) is 0.304. The molecule has 4 rings (SSSR count). The van der Waals surface area contributed by atoms with Crippen LogP contribution >= 0.6 is 15.9 Å². The highest BCUT2D eigenvalue weighted by Gasteiger charge is 2.41. The topological polar surface area (TPSA) is 61.8 Å². The minimum Gasteiger partial charge on any atom is -0.497 e. The third-order valence-electron chi connectivity index (χ3n) is 5.44. The standard InChI is InChI=1S/C23H21BrO5/c1-27-17-4-2-3-15(11-17)23(26)29-18-9-10-19-21(12-18)28-13-20(22(19)25)14-5-7-16(24)8-6-14/h2-8,11,13,18-19,21H,9-10,12H2,1H3. The van der Waals surface area contributed by atoms with Crippen molar-refractivity contribution in [2.75, 3.05) is 7.11 Å². The molecular weight excluding hydrogens is 436 g/mol. The van der Waals surface area contributed by atoms with E-state index in [0.717, 1.165) is 10.0 Å². The number of halogens is 1. The number of methoxy groups -OCH3 is 1. The molecule has 5 nitrogen and oxygen atoms in total. The summed E-state index contributed by atoms with van der Waals surface area (Å²) in [4.78, 5) is 25.5. The summed E-state index contributed by atoms with van der Waals surface area (Å²) in [5.74, 6) is 0.113. The average molecular weight is 457 g/mol. The molecule has 2 aromatic rings. The quantitative estimate of drug-likeness (QED) is 0.618. The Labute approximate surface area is 177 Å². The molecule has 0 aromatic heterocycles. The zero-order valence-corrected chi connectivity index (χ0v) is 17.6. The Kier molecular flexibility index (Phi) is 5.72. The zero-order valence-electron chi connectivity index (χ0n) is 16.0. The normalized spacial score (nSPS) is 23.4. The van der Waals surface area contributed by atoms with Crippen molar-refractivity contribution in [3.05, 3.63) is 70.4 Å². The van der Waals surface area contributed by atoms with Gasteiger partial charge in [0.2, 0.25) is 0 Å². The second-order valence-corrected chi connectivity index (χ2v) is 8.17. The van der Waals surface area contributed by atoms with Gasteiger partial charge in [-0.3, -0.25) is 4.79 Å². The van der Waals surface area contributed by atoms with E-state index in [1.54, 1.807) is 37.6 Å².